The van der Waals surface area contributed by atoms with Crippen molar-refractivity contribution in [2.45, 2.75) is 0 Å². The number of amides is 1. The van der Waals surface area contributed by atoms with Gasteiger partial charge in [-0.2, -0.15) is 0 Å². The topological polar surface area (TPSA) is 42.2 Å². The average Bonchev–Trinajstić information content (AvgIpc) is 2.40. The van der Waals surface area contributed by atoms with Crippen LogP contribution < -0.4 is 38.6 Å². The monoisotopic (exact) mass is 370 g/mol. The van der Waals surface area contributed by atoms with Crippen LogP contribution in [-0.2, 0) is 7.05 Å². The predicted molar refractivity (Wildman–Crippen MR) is 68.6 cm³/mol. The molecule has 1 amide bonds. The van der Waals surface area contributed by atoms with Gasteiger partial charge in [0.25, 0.3) is 5.91 Å². The van der Waals surface area contributed by atoms with Gasteiger partial charge in [0, 0.05) is 12.1 Å². The Labute approximate surface area is 129 Å². The number of para-hydroxylation sites is 2. The van der Waals surface area contributed by atoms with Crippen LogP contribution in [0.4, 0.5) is 5.69 Å². The van der Waals surface area contributed by atoms with Gasteiger partial charge < -0.3 is 34.0 Å². The maximum atomic E-state index is 12.0. The molecule has 0 spiro atoms. The molecule has 5 heteroatoms. The summed E-state index contributed by atoms with van der Waals surface area (Å²) in [6.45, 7) is 0. The van der Waals surface area contributed by atoms with Crippen molar-refractivity contribution in [2.24, 2.45) is 7.05 Å². The van der Waals surface area contributed by atoms with Gasteiger partial charge in [0.2, 0.25) is 0 Å². The first-order chi connectivity index (χ1) is 8.70. The van der Waals surface area contributed by atoms with E-state index in [2.05, 4.69) is 5.32 Å². The number of nitrogens with one attached hydrogen (secondary N) is 1. The fourth-order valence-electron chi connectivity index (χ4n) is 1.59. The van der Waals surface area contributed by atoms with Crippen molar-refractivity contribution in [2.75, 3.05) is 12.4 Å². The Hall–Kier alpha value is -1.63. The fourth-order valence-corrected chi connectivity index (χ4v) is 1.59. The Balaban J connectivity index is 0.00000180. The highest BCUT2D eigenvalue weighted by Gasteiger charge is 2.09. The van der Waals surface area contributed by atoms with Gasteiger partial charge in [0.1, 0.15) is 12.8 Å². The normalized spacial score (nSPS) is 9.37. The number of hydrogen-bond donors (Lipinski definition) is 1. The molecule has 1 heterocycles. The maximum absolute atomic E-state index is 12.0. The molecule has 100 valence electrons. The van der Waals surface area contributed by atoms with Crippen molar-refractivity contribution in [1.29, 1.82) is 0 Å². The quantitative estimate of drug-likeness (QED) is 0.544. The van der Waals surface area contributed by atoms with E-state index in [0.717, 1.165) is 0 Å². The average molecular weight is 370 g/mol. The van der Waals surface area contributed by atoms with Gasteiger partial charge in [-0.3, -0.25) is 4.79 Å². The predicted octanol–water partition coefficient (Wildman–Crippen LogP) is -1.22. The zero-order chi connectivity index (χ0) is 13.0. The third kappa shape index (κ3) is 3.92. The van der Waals surface area contributed by atoms with Crippen LogP contribution >= 0.6 is 0 Å². The zero-order valence-electron chi connectivity index (χ0n) is 10.8. The second-order valence-corrected chi connectivity index (χ2v) is 3.91. The highest BCUT2D eigenvalue weighted by Crippen LogP contribution is 2.23. The number of benzene rings is 1. The minimum atomic E-state index is -0.153. The molecule has 0 aliphatic carbocycles. The molecule has 0 aliphatic rings. The molecule has 0 bridgehead atoms. The Morgan fingerprint density at radius 2 is 1.79 bits per heavy atom. The van der Waals surface area contributed by atoms with Crippen LogP contribution in [-0.4, -0.2) is 13.0 Å². The minimum absolute atomic E-state index is 0. The van der Waals surface area contributed by atoms with Gasteiger partial charge in [-0.25, -0.2) is 4.57 Å². The largest absolute Gasteiger partial charge is 1.00 e. The lowest BCUT2D eigenvalue weighted by atomic mass is 10.2. The third-order valence-electron chi connectivity index (χ3n) is 2.60. The molecule has 0 saturated heterocycles. The molecule has 2 aromatic rings. The molecular formula is C14H15IN2O2. The molecule has 4 nitrogen and oxygen atoms in total. The molecule has 0 saturated carbocycles. The van der Waals surface area contributed by atoms with Crippen LogP contribution in [0.5, 0.6) is 5.75 Å². The molecule has 0 aliphatic heterocycles. The summed E-state index contributed by atoms with van der Waals surface area (Å²) in [7, 11) is 3.48. The number of methoxy groups -OCH3 is 1. The molecule has 1 aromatic carbocycles. The Bertz CT molecular complexity index is 556. The molecule has 0 atom stereocenters. The van der Waals surface area contributed by atoms with Crippen LogP contribution in [0.3, 0.4) is 0 Å². The van der Waals surface area contributed by atoms with E-state index in [-0.39, 0.29) is 29.9 Å². The van der Waals surface area contributed by atoms with E-state index in [4.69, 9.17) is 4.74 Å². The number of aromatic nitrogens is 1. The highest BCUT2D eigenvalue weighted by atomic mass is 127. The fraction of sp³-hybridized carbons (Fsp3) is 0.143. The number of rotatable bonds is 3. The van der Waals surface area contributed by atoms with Crippen molar-refractivity contribution in [3.63, 3.8) is 0 Å². The van der Waals surface area contributed by atoms with Crippen LogP contribution in [0.2, 0.25) is 0 Å². The van der Waals surface area contributed by atoms with Crippen molar-refractivity contribution < 1.29 is 38.1 Å². The van der Waals surface area contributed by atoms with E-state index in [0.29, 0.717) is 17.0 Å². The summed E-state index contributed by atoms with van der Waals surface area (Å²) in [6, 6.07) is 10.9. The van der Waals surface area contributed by atoms with Gasteiger partial charge in [0.15, 0.2) is 12.4 Å². The zero-order valence-corrected chi connectivity index (χ0v) is 12.9. The van der Waals surface area contributed by atoms with Crippen LogP contribution in [0, 0.1) is 0 Å². The van der Waals surface area contributed by atoms with E-state index < -0.39 is 0 Å². The van der Waals surface area contributed by atoms with E-state index >= 15 is 0 Å². The van der Waals surface area contributed by atoms with E-state index in [1.165, 1.54) is 0 Å². The Morgan fingerprint density at radius 3 is 2.42 bits per heavy atom. The van der Waals surface area contributed by atoms with E-state index in [1.807, 2.05) is 36.1 Å². The highest BCUT2D eigenvalue weighted by molar-refractivity contribution is 6.04. The van der Waals surface area contributed by atoms with Gasteiger partial charge >= 0.3 is 0 Å². The second kappa shape index (κ2) is 7.08. The Morgan fingerprint density at radius 1 is 1.16 bits per heavy atom. The second-order valence-electron chi connectivity index (χ2n) is 3.91. The van der Waals surface area contributed by atoms with Crippen molar-refractivity contribution >= 4 is 11.6 Å². The summed E-state index contributed by atoms with van der Waals surface area (Å²) in [4.78, 5) is 12.0. The molecule has 0 fully saturated rings. The van der Waals surface area contributed by atoms with Crippen molar-refractivity contribution in [3.05, 3.63) is 54.4 Å². The van der Waals surface area contributed by atoms with Gasteiger partial charge in [-0.05, 0) is 12.1 Å². The summed E-state index contributed by atoms with van der Waals surface area (Å²) in [5.41, 5.74) is 1.28. The standard InChI is InChI=1S/C14H14N2O2.HI/c1-16-9-7-11(8-10-16)14(17)15-12-5-3-4-6-13(12)18-2;/h3-10H,1-2H3;1H. The number of halogens is 1. The summed E-state index contributed by atoms with van der Waals surface area (Å²) in [5.74, 6) is 0.493. The lowest BCUT2D eigenvalue weighted by Gasteiger charge is -2.09. The number of aryl methyl sites for hydroxylation is 1. The number of pyridine rings is 1. The van der Waals surface area contributed by atoms with Crippen molar-refractivity contribution in [3.8, 4) is 5.75 Å². The molecule has 19 heavy (non-hydrogen) atoms. The smallest absolute Gasteiger partial charge is 0.256 e. The number of ether oxygens (including phenoxy) is 1. The summed E-state index contributed by atoms with van der Waals surface area (Å²) in [5, 5.41) is 2.82. The summed E-state index contributed by atoms with van der Waals surface area (Å²) < 4.78 is 7.06. The third-order valence-corrected chi connectivity index (χ3v) is 2.60. The molecule has 1 N–H and O–H groups in total. The van der Waals surface area contributed by atoms with Gasteiger partial charge in [-0.15, -0.1) is 0 Å². The molecule has 0 unspecified atom stereocenters. The number of carbonyl (C=O) groups is 1. The molecule has 0 radical (unpaired) electrons. The lowest BCUT2D eigenvalue weighted by Crippen LogP contribution is -3.00. The summed E-state index contributed by atoms with van der Waals surface area (Å²) >= 11 is 0. The number of nitrogens with zero attached hydrogens (tertiary/aromatic N) is 1. The number of anilines is 1. The van der Waals surface area contributed by atoms with Gasteiger partial charge in [0.05, 0.1) is 18.4 Å². The lowest BCUT2D eigenvalue weighted by molar-refractivity contribution is -0.671. The van der Waals surface area contributed by atoms with E-state index in [9.17, 15) is 4.79 Å². The molecule has 1 aromatic heterocycles. The SMILES string of the molecule is COc1ccccc1NC(=O)c1cc[n+](C)cc1.[I-]. The molecule has 2 rings (SSSR count). The first kappa shape index (κ1) is 15.4. The maximum Gasteiger partial charge on any atom is 0.256 e. The first-order valence-electron chi connectivity index (χ1n) is 5.60. The van der Waals surface area contributed by atoms with Gasteiger partial charge in [-0.1, -0.05) is 12.1 Å². The summed E-state index contributed by atoms with van der Waals surface area (Å²) in [6.07, 6.45) is 3.66. The minimum Gasteiger partial charge on any atom is -1.00 e. The van der Waals surface area contributed by atoms with Crippen LogP contribution in [0.1, 0.15) is 10.4 Å². The van der Waals surface area contributed by atoms with Crippen LogP contribution in [0.15, 0.2) is 48.8 Å². The van der Waals surface area contributed by atoms with E-state index in [1.54, 1.807) is 31.4 Å². The first-order valence-corrected chi connectivity index (χ1v) is 5.60. The van der Waals surface area contributed by atoms with Crippen LogP contribution in [0.25, 0.3) is 0 Å². The number of carbonyl (C=O) groups excluding carboxylic acids is 1. The Kier molecular flexibility index (Phi) is 5.75. The number of hydrogen-bond acceptors (Lipinski definition) is 2. The molecular weight excluding hydrogens is 355 g/mol. The van der Waals surface area contributed by atoms with Crippen molar-refractivity contribution in [1.82, 2.24) is 0 Å².